The minimum Gasteiger partial charge on any atom is -0.435 e. The second-order valence-corrected chi connectivity index (χ2v) is 6.55. The second kappa shape index (κ2) is 6.24. The predicted molar refractivity (Wildman–Crippen MR) is 98.3 cm³/mol. The number of rotatable bonds is 1. The summed E-state index contributed by atoms with van der Waals surface area (Å²) < 4.78 is -0.669. The first-order chi connectivity index (χ1) is 12.6. The Morgan fingerprint density at radius 3 is 1.65 bits per heavy atom. The Morgan fingerprint density at radius 2 is 1.15 bits per heavy atom. The number of fused-ring (bicyclic) bond motifs is 3. The van der Waals surface area contributed by atoms with Crippen molar-refractivity contribution in [2.24, 2.45) is 0 Å². The SMILES string of the molecule is O=C(O)[N+]1(C(=O)c2ccccc2)Cc2ccccc2-c2ccccc2C1. The van der Waals surface area contributed by atoms with E-state index in [1.54, 1.807) is 24.3 Å². The molecule has 1 N–H and O–H groups in total. The number of nitrogens with zero attached hydrogens (tertiary/aromatic N) is 1. The van der Waals surface area contributed by atoms with Crippen LogP contribution < -0.4 is 0 Å². The zero-order chi connectivity index (χ0) is 18.1. The number of amides is 2. The molecule has 4 rings (SSSR count). The number of quaternary nitrogens is 1. The van der Waals surface area contributed by atoms with Crippen LogP contribution in [-0.4, -0.2) is 21.6 Å². The molecular formula is C22H18NO3+. The topological polar surface area (TPSA) is 54.4 Å². The largest absolute Gasteiger partial charge is 0.522 e. The Labute approximate surface area is 151 Å². The molecule has 0 saturated carbocycles. The normalized spacial score (nSPS) is 14.6. The van der Waals surface area contributed by atoms with Gasteiger partial charge in [-0.05, 0) is 23.3 Å². The van der Waals surface area contributed by atoms with Gasteiger partial charge in [0.2, 0.25) is 0 Å². The molecule has 26 heavy (non-hydrogen) atoms. The zero-order valence-corrected chi connectivity index (χ0v) is 14.1. The van der Waals surface area contributed by atoms with Crippen LogP contribution in [0.5, 0.6) is 0 Å². The molecule has 0 saturated heterocycles. The van der Waals surface area contributed by atoms with Gasteiger partial charge in [-0.25, -0.2) is 4.79 Å². The molecule has 0 aromatic heterocycles. The summed E-state index contributed by atoms with van der Waals surface area (Å²) in [7, 11) is 0. The molecule has 0 fully saturated rings. The van der Waals surface area contributed by atoms with E-state index in [-0.39, 0.29) is 13.1 Å². The minimum atomic E-state index is -1.13. The van der Waals surface area contributed by atoms with Gasteiger partial charge < -0.3 is 5.11 Å². The van der Waals surface area contributed by atoms with E-state index in [2.05, 4.69) is 0 Å². The van der Waals surface area contributed by atoms with Crippen LogP contribution in [0.2, 0.25) is 0 Å². The highest BCUT2D eigenvalue weighted by Crippen LogP contribution is 2.37. The standard InChI is InChI=1S/C22H17NO3/c24-21(16-8-2-1-3-9-16)23(22(25)26)14-17-10-4-6-12-19(17)20-13-7-5-11-18(20)15-23/h1-13H,14-15H2/p+1. The monoisotopic (exact) mass is 344 g/mol. The van der Waals surface area contributed by atoms with E-state index in [0.717, 1.165) is 22.3 Å². The van der Waals surface area contributed by atoms with Crippen molar-refractivity contribution in [3.8, 4) is 11.1 Å². The predicted octanol–water partition coefficient (Wildman–Crippen LogP) is 4.70. The van der Waals surface area contributed by atoms with Gasteiger partial charge in [-0.2, -0.15) is 4.79 Å². The van der Waals surface area contributed by atoms with Crippen molar-refractivity contribution in [2.45, 2.75) is 13.1 Å². The van der Waals surface area contributed by atoms with Gasteiger partial charge in [0.05, 0.1) is 5.56 Å². The summed E-state index contributed by atoms with van der Waals surface area (Å²) in [6, 6.07) is 24.1. The van der Waals surface area contributed by atoms with Crippen LogP contribution in [0.3, 0.4) is 0 Å². The smallest absolute Gasteiger partial charge is 0.435 e. The van der Waals surface area contributed by atoms with Crippen LogP contribution in [0, 0.1) is 0 Å². The summed E-state index contributed by atoms with van der Waals surface area (Å²) in [5.41, 5.74) is 4.12. The number of benzene rings is 3. The Morgan fingerprint density at radius 1 is 0.692 bits per heavy atom. The van der Waals surface area contributed by atoms with E-state index in [1.165, 1.54) is 0 Å². The maximum Gasteiger partial charge on any atom is 0.522 e. The maximum atomic E-state index is 13.3. The Bertz CT molecular complexity index is 948. The third-order valence-corrected chi connectivity index (χ3v) is 4.98. The lowest BCUT2D eigenvalue weighted by Crippen LogP contribution is -2.54. The maximum absolute atomic E-state index is 13.3. The Hall–Kier alpha value is -3.24. The summed E-state index contributed by atoms with van der Waals surface area (Å²) in [6.45, 7) is 0.238. The van der Waals surface area contributed by atoms with Gasteiger partial charge in [0.15, 0.2) is 0 Å². The Kier molecular flexibility index (Phi) is 3.90. The molecule has 1 aliphatic heterocycles. The van der Waals surface area contributed by atoms with Crippen LogP contribution >= 0.6 is 0 Å². The van der Waals surface area contributed by atoms with E-state index in [4.69, 9.17) is 0 Å². The fourth-order valence-electron chi connectivity index (χ4n) is 3.67. The zero-order valence-electron chi connectivity index (χ0n) is 14.1. The van der Waals surface area contributed by atoms with Gasteiger partial charge in [0.25, 0.3) is 0 Å². The second-order valence-electron chi connectivity index (χ2n) is 6.55. The highest BCUT2D eigenvalue weighted by molar-refractivity contribution is 5.94. The van der Waals surface area contributed by atoms with Crippen LogP contribution in [0.1, 0.15) is 21.5 Å². The number of carbonyl (C=O) groups is 2. The van der Waals surface area contributed by atoms with Crippen LogP contribution in [0.15, 0.2) is 78.9 Å². The average molecular weight is 344 g/mol. The quantitative estimate of drug-likeness (QED) is 0.651. The molecule has 1 heterocycles. The lowest BCUT2D eigenvalue weighted by Gasteiger charge is -2.29. The van der Waals surface area contributed by atoms with E-state index < -0.39 is 16.5 Å². The fourth-order valence-corrected chi connectivity index (χ4v) is 3.67. The molecular weight excluding hydrogens is 326 g/mol. The van der Waals surface area contributed by atoms with Gasteiger partial charge in [0.1, 0.15) is 13.1 Å². The van der Waals surface area contributed by atoms with Crippen molar-refractivity contribution in [2.75, 3.05) is 0 Å². The average Bonchev–Trinajstić information content (AvgIpc) is 2.83. The van der Waals surface area contributed by atoms with Gasteiger partial charge in [-0.1, -0.05) is 66.7 Å². The summed E-state index contributed by atoms with van der Waals surface area (Å²) in [5.74, 6) is -0.399. The highest BCUT2D eigenvalue weighted by atomic mass is 16.4. The van der Waals surface area contributed by atoms with E-state index in [9.17, 15) is 14.7 Å². The molecule has 0 atom stereocenters. The van der Waals surface area contributed by atoms with Crippen molar-refractivity contribution < 1.29 is 19.2 Å². The molecule has 3 aromatic carbocycles. The van der Waals surface area contributed by atoms with Crippen LogP contribution in [0.25, 0.3) is 11.1 Å². The molecule has 0 radical (unpaired) electrons. The van der Waals surface area contributed by atoms with E-state index in [0.29, 0.717) is 5.56 Å². The van der Waals surface area contributed by atoms with Crippen molar-refractivity contribution in [3.05, 3.63) is 95.6 Å². The van der Waals surface area contributed by atoms with E-state index in [1.807, 2.05) is 54.6 Å². The first-order valence-corrected chi connectivity index (χ1v) is 8.48. The van der Waals surface area contributed by atoms with Gasteiger partial charge in [-0.3, -0.25) is 0 Å². The fraction of sp³-hybridized carbons (Fsp3) is 0.0909. The lowest BCUT2D eigenvalue weighted by atomic mass is 9.97. The van der Waals surface area contributed by atoms with Crippen molar-refractivity contribution >= 4 is 12.0 Å². The highest BCUT2D eigenvalue weighted by Gasteiger charge is 2.48. The third kappa shape index (κ3) is 2.52. The molecule has 4 heteroatoms. The molecule has 128 valence electrons. The molecule has 2 amide bonds. The molecule has 3 aromatic rings. The van der Waals surface area contributed by atoms with Crippen molar-refractivity contribution in [1.82, 2.24) is 0 Å². The number of carboxylic acid groups (broad SMARTS) is 1. The number of imide groups is 1. The molecule has 0 aliphatic carbocycles. The number of carbonyl (C=O) groups excluding carboxylic acids is 1. The first kappa shape index (κ1) is 16.2. The summed E-state index contributed by atoms with van der Waals surface area (Å²) in [6.07, 6.45) is -1.13. The summed E-state index contributed by atoms with van der Waals surface area (Å²) in [5, 5.41) is 10.1. The molecule has 0 bridgehead atoms. The molecule has 1 aliphatic rings. The van der Waals surface area contributed by atoms with Crippen LogP contribution in [-0.2, 0) is 13.1 Å². The number of hydrogen-bond acceptors (Lipinski definition) is 2. The molecule has 0 spiro atoms. The Balaban J connectivity index is 1.95. The van der Waals surface area contributed by atoms with Crippen molar-refractivity contribution in [1.29, 1.82) is 0 Å². The third-order valence-electron chi connectivity index (χ3n) is 4.98. The molecule has 0 unspecified atom stereocenters. The first-order valence-electron chi connectivity index (χ1n) is 8.48. The van der Waals surface area contributed by atoms with E-state index >= 15 is 0 Å². The van der Waals surface area contributed by atoms with Gasteiger partial charge in [-0.15, -0.1) is 4.48 Å². The number of hydrogen-bond donors (Lipinski definition) is 1. The van der Waals surface area contributed by atoms with Gasteiger partial charge in [0, 0.05) is 11.1 Å². The lowest BCUT2D eigenvalue weighted by molar-refractivity contribution is -0.802. The summed E-state index contributed by atoms with van der Waals surface area (Å²) in [4.78, 5) is 25.7. The van der Waals surface area contributed by atoms with Crippen molar-refractivity contribution in [3.63, 3.8) is 0 Å². The summed E-state index contributed by atoms with van der Waals surface area (Å²) >= 11 is 0. The van der Waals surface area contributed by atoms with Gasteiger partial charge >= 0.3 is 12.0 Å². The van der Waals surface area contributed by atoms with Crippen LogP contribution in [0.4, 0.5) is 4.79 Å². The minimum absolute atomic E-state index is 0.119. The molecule has 4 nitrogen and oxygen atoms in total.